The molecule has 2 rings (SSSR count). The van der Waals surface area contributed by atoms with E-state index in [1.807, 2.05) is 0 Å². The highest BCUT2D eigenvalue weighted by molar-refractivity contribution is 5.93. The van der Waals surface area contributed by atoms with E-state index in [0.29, 0.717) is 24.4 Å². The summed E-state index contributed by atoms with van der Waals surface area (Å²) in [5, 5.41) is 17.6. The van der Waals surface area contributed by atoms with Crippen LogP contribution in [0, 0.1) is 0 Å². The number of aromatic amines is 1. The molecule has 0 unspecified atom stereocenters. The molecule has 0 atom stereocenters. The molecule has 19 heavy (non-hydrogen) atoms. The minimum absolute atomic E-state index is 0.0263. The summed E-state index contributed by atoms with van der Waals surface area (Å²) in [5.74, 6) is -0.633. The number of carbonyl (C=O) groups is 2. The maximum absolute atomic E-state index is 11.7. The Kier molecular flexibility index (Phi) is 3.97. The zero-order chi connectivity index (χ0) is 13.7. The lowest BCUT2D eigenvalue weighted by molar-refractivity contribution is -0.137. The van der Waals surface area contributed by atoms with Gasteiger partial charge in [0, 0.05) is 19.0 Å². The van der Waals surface area contributed by atoms with Crippen molar-refractivity contribution in [2.24, 2.45) is 0 Å². The highest BCUT2D eigenvalue weighted by Gasteiger charge is 2.12. The van der Waals surface area contributed by atoms with Gasteiger partial charge in [0.25, 0.3) is 5.91 Å². The van der Waals surface area contributed by atoms with Crippen LogP contribution in [0.4, 0.5) is 0 Å². The van der Waals surface area contributed by atoms with Gasteiger partial charge in [0.15, 0.2) is 11.5 Å². The fourth-order valence-corrected chi connectivity index (χ4v) is 1.53. The third kappa shape index (κ3) is 3.44. The Bertz CT molecular complexity index is 559. The minimum atomic E-state index is -0.880. The highest BCUT2D eigenvalue weighted by Crippen LogP contribution is 2.17. The predicted molar refractivity (Wildman–Crippen MR) is 65.5 cm³/mol. The Morgan fingerprint density at radius 1 is 1.47 bits per heavy atom. The van der Waals surface area contributed by atoms with E-state index in [9.17, 15) is 9.59 Å². The van der Waals surface area contributed by atoms with Crippen LogP contribution in [0.2, 0.25) is 0 Å². The van der Waals surface area contributed by atoms with Gasteiger partial charge in [0.1, 0.15) is 5.69 Å². The number of carboxylic acid groups (broad SMARTS) is 1. The molecule has 0 aromatic carbocycles. The summed E-state index contributed by atoms with van der Waals surface area (Å²) in [4.78, 5) is 22.0. The summed E-state index contributed by atoms with van der Waals surface area (Å²) in [5.41, 5.74) is 0.849. The van der Waals surface area contributed by atoms with E-state index >= 15 is 0 Å². The number of furan rings is 1. The average molecular weight is 263 g/mol. The molecule has 0 spiro atoms. The van der Waals surface area contributed by atoms with Crippen molar-refractivity contribution in [3.8, 4) is 11.5 Å². The number of amides is 1. The molecule has 0 fully saturated rings. The number of H-pyrrole nitrogens is 1. The molecule has 1 amide bonds. The first-order valence-corrected chi connectivity index (χ1v) is 5.76. The van der Waals surface area contributed by atoms with Gasteiger partial charge in [0.05, 0.1) is 6.26 Å². The molecule has 0 saturated heterocycles. The zero-order valence-corrected chi connectivity index (χ0v) is 10.0. The number of aromatic nitrogens is 2. The molecule has 0 radical (unpaired) electrons. The lowest BCUT2D eigenvalue weighted by atomic mass is 10.3. The van der Waals surface area contributed by atoms with Crippen molar-refractivity contribution in [3.63, 3.8) is 0 Å². The molecule has 2 aromatic heterocycles. The molecular formula is C12H13N3O4. The van der Waals surface area contributed by atoms with Crippen molar-refractivity contribution < 1.29 is 19.1 Å². The number of nitrogens with one attached hydrogen (secondary N) is 2. The summed E-state index contributed by atoms with van der Waals surface area (Å²) in [6.07, 6.45) is 1.94. The van der Waals surface area contributed by atoms with E-state index in [1.54, 1.807) is 18.2 Å². The lowest BCUT2D eigenvalue weighted by Crippen LogP contribution is -2.25. The second-order valence-corrected chi connectivity index (χ2v) is 3.90. The van der Waals surface area contributed by atoms with Gasteiger partial charge in [0.2, 0.25) is 0 Å². The first-order chi connectivity index (χ1) is 9.16. The van der Waals surface area contributed by atoms with Crippen molar-refractivity contribution in [1.29, 1.82) is 0 Å². The fourth-order valence-electron chi connectivity index (χ4n) is 1.53. The Morgan fingerprint density at radius 3 is 3.00 bits per heavy atom. The maximum Gasteiger partial charge on any atom is 0.303 e. The van der Waals surface area contributed by atoms with Crippen LogP contribution in [-0.2, 0) is 4.79 Å². The fraction of sp³-hybridized carbons (Fsp3) is 0.250. The normalized spacial score (nSPS) is 10.3. The zero-order valence-electron chi connectivity index (χ0n) is 10.0. The van der Waals surface area contributed by atoms with Crippen molar-refractivity contribution >= 4 is 11.9 Å². The van der Waals surface area contributed by atoms with Gasteiger partial charge in [-0.2, -0.15) is 5.10 Å². The first-order valence-electron chi connectivity index (χ1n) is 5.76. The van der Waals surface area contributed by atoms with Gasteiger partial charge in [-0.1, -0.05) is 0 Å². The molecule has 0 aliphatic rings. The Labute approximate surface area is 108 Å². The van der Waals surface area contributed by atoms with Crippen LogP contribution in [0.25, 0.3) is 11.5 Å². The molecule has 0 aliphatic carbocycles. The number of rotatable bonds is 6. The van der Waals surface area contributed by atoms with E-state index in [1.165, 1.54) is 6.26 Å². The van der Waals surface area contributed by atoms with Crippen LogP contribution < -0.4 is 5.32 Å². The molecule has 2 heterocycles. The SMILES string of the molecule is O=C(O)CCCNC(=O)c1cc(-c2ccco2)[nH]n1. The Hall–Kier alpha value is -2.57. The molecule has 2 aromatic rings. The lowest BCUT2D eigenvalue weighted by Gasteiger charge is -2.00. The topological polar surface area (TPSA) is 108 Å². The molecular weight excluding hydrogens is 250 g/mol. The van der Waals surface area contributed by atoms with Crippen LogP contribution in [0.5, 0.6) is 0 Å². The van der Waals surface area contributed by atoms with Gasteiger partial charge in [-0.05, 0) is 18.6 Å². The van der Waals surface area contributed by atoms with Crippen molar-refractivity contribution in [3.05, 3.63) is 30.2 Å². The van der Waals surface area contributed by atoms with Crippen LogP contribution in [0.3, 0.4) is 0 Å². The number of carboxylic acids is 1. The van der Waals surface area contributed by atoms with E-state index in [-0.39, 0.29) is 18.0 Å². The predicted octanol–water partition coefficient (Wildman–Crippen LogP) is 1.26. The molecule has 0 aliphatic heterocycles. The standard InChI is InChI=1S/C12H13N3O4/c16-11(17)4-1-5-13-12(18)9-7-8(14-15-9)10-3-2-6-19-10/h2-3,6-7H,1,4-5H2,(H,13,18)(H,14,15)(H,16,17). The van der Waals surface area contributed by atoms with Crippen LogP contribution in [-0.4, -0.2) is 33.7 Å². The Morgan fingerprint density at radius 2 is 2.32 bits per heavy atom. The minimum Gasteiger partial charge on any atom is -0.481 e. The van der Waals surface area contributed by atoms with Gasteiger partial charge in [-0.25, -0.2) is 0 Å². The third-order valence-corrected chi connectivity index (χ3v) is 2.45. The van der Waals surface area contributed by atoms with E-state index < -0.39 is 5.97 Å². The third-order valence-electron chi connectivity index (χ3n) is 2.45. The summed E-state index contributed by atoms with van der Waals surface area (Å²) in [7, 11) is 0. The van der Waals surface area contributed by atoms with Crippen molar-refractivity contribution in [2.75, 3.05) is 6.54 Å². The van der Waals surface area contributed by atoms with Crippen molar-refractivity contribution in [2.45, 2.75) is 12.8 Å². The van der Waals surface area contributed by atoms with Gasteiger partial charge in [-0.15, -0.1) is 0 Å². The maximum atomic E-state index is 11.7. The summed E-state index contributed by atoms with van der Waals surface area (Å²) in [6, 6.07) is 5.06. The van der Waals surface area contributed by atoms with E-state index in [4.69, 9.17) is 9.52 Å². The molecule has 7 nitrogen and oxygen atoms in total. The first kappa shape index (κ1) is 12.9. The van der Waals surface area contributed by atoms with Gasteiger partial charge >= 0.3 is 5.97 Å². The monoisotopic (exact) mass is 263 g/mol. The summed E-state index contributed by atoms with van der Waals surface area (Å²) in [6.45, 7) is 0.300. The number of nitrogens with zero attached hydrogens (tertiary/aromatic N) is 1. The van der Waals surface area contributed by atoms with Crippen LogP contribution in [0.1, 0.15) is 23.3 Å². The van der Waals surface area contributed by atoms with E-state index in [0.717, 1.165) is 0 Å². The highest BCUT2D eigenvalue weighted by atomic mass is 16.4. The number of hydrogen-bond acceptors (Lipinski definition) is 4. The number of aliphatic carboxylic acids is 1. The second kappa shape index (κ2) is 5.85. The average Bonchev–Trinajstić information content (AvgIpc) is 3.03. The Balaban J connectivity index is 1.88. The molecule has 0 saturated carbocycles. The van der Waals surface area contributed by atoms with Gasteiger partial charge < -0.3 is 14.8 Å². The summed E-state index contributed by atoms with van der Waals surface area (Å²) >= 11 is 0. The number of hydrogen-bond donors (Lipinski definition) is 3. The molecule has 3 N–H and O–H groups in total. The molecule has 0 bridgehead atoms. The van der Waals surface area contributed by atoms with Gasteiger partial charge in [-0.3, -0.25) is 14.7 Å². The van der Waals surface area contributed by atoms with Crippen molar-refractivity contribution in [1.82, 2.24) is 15.5 Å². The molecule has 7 heteroatoms. The smallest absolute Gasteiger partial charge is 0.303 e. The quantitative estimate of drug-likeness (QED) is 0.680. The largest absolute Gasteiger partial charge is 0.481 e. The van der Waals surface area contributed by atoms with E-state index in [2.05, 4.69) is 15.5 Å². The second-order valence-electron chi connectivity index (χ2n) is 3.90. The van der Waals surface area contributed by atoms with Crippen LogP contribution in [0.15, 0.2) is 28.9 Å². The summed E-state index contributed by atoms with van der Waals surface area (Å²) < 4.78 is 5.17. The molecule has 100 valence electrons. The van der Waals surface area contributed by atoms with Crippen LogP contribution >= 0.6 is 0 Å². The number of carbonyl (C=O) groups excluding carboxylic acids is 1.